The first-order valence-electron chi connectivity index (χ1n) is 5.23. The van der Waals surface area contributed by atoms with E-state index < -0.39 is 17.7 Å². The summed E-state index contributed by atoms with van der Waals surface area (Å²) in [5.74, 6) is 0.642. The van der Waals surface area contributed by atoms with Crippen LogP contribution >= 0.6 is 11.8 Å². The summed E-state index contributed by atoms with van der Waals surface area (Å²) in [6.07, 6.45) is -0.408. The highest BCUT2D eigenvalue weighted by Gasteiger charge is 2.45. The molecular weight excluding hydrogens is 224 g/mol. The summed E-state index contributed by atoms with van der Waals surface area (Å²) in [6, 6.07) is 1.75. The third-order valence-corrected chi connectivity index (χ3v) is 3.61. The van der Waals surface area contributed by atoms with Crippen LogP contribution in [0.15, 0.2) is 0 Å². The molecule has 4 nitrogen and oxygen atoms in total. The van der Waals surface area contributed by atoms with Crippen LogP contribution in [-0.2, 0) is 4.74 Å². The Hall–Kier alpha value is -0.890. The average Bonchev–Trinajstić information content (AvgIpc) is 2.37. The fourth-order valence-corrected chi connectivity index (χ4v) is 2.69. The Kier molecular flexibility index (Phi) is 3.44. The highest BCUT2D eigenvalue weighted by atomic mass is 32.2. The van der Waals surface area contributed by atoms with Crippen LogP contribution < -0.4 is 0 Å². The molecule has 1 fully saturated rings. The van der Waals surface area contributed by atoms with Crippen molar-refractivity contribution in [1.29, 1.82) is 5.26 Å². The van der Waals surface area contributed by atoms with Crippen LogP contribution in [0.2, 0.25) is 0 Å². The second-order valence-corrected chi connectivity index (χ2v) is 6.87. The number of carbonyl (C=O) groups is 1. The third-order valence-electron chi connectivity index (χ3n) is 2.23. The second-order valence-electron chi connectivity index (χ2n) is 5.25. The molecule has 0 spiro atoms. The third kappa shape index (κ3) is 2.82. The minimum absolute atomic E-state index is 0.372. The molecule has 1 saturated heterocycles. The van der Waals surface area contributed by atoms with Gasteiger partial charge in [0.05, 0.1) is 10.9 Å². The van der Waals surface area contributed by atoms with Crippen molar-refractivity contribution in [2.45, 2.75) is 51.1 Å². The Morgan fingerprint density at radius 3 is 2.56 bits per heavy atom. The molecule has 1 atom stereocenters. The summed E-state index contributed by atoms with van der Waals surface area (Å²) in [4.78, 5) is 13.1. The second kappa shape index (κ2) is 4.17. The number of nitriles is 1. The number of rotatable bonds is 0. The first-order valence-corrected chi connectivity index (χ1v) is 6.22. The lowest BCUT2D eigenvalue weighted by Gasteiger charge is -2.33. The largest absolute Gasteiger partial charge is 0.444 e. The molecule has 0 aliphatic carbocycles. The summed E-state index contributed by atoms with van der Waals surface area (Å²) >= 11 is 1.60. The quantitative estimate of drug-likeness (QED) is 0.655. The first kappa shape index (κ1) is 13.2. The van der Waals surface area contributed by atoms with E-state index in [-0.39, 0.29) is 4.87 Å². The molecule has 0 radical (unpaired) electrons. The molecule has 0 aromatic carbocycles. The van der Waals surface area contributed by atoms with E-state index in [9.17, 15) is 4.79 Å². The normalized spacial score (nSPS) is 24.0. The molecule has 1 heterocycles. The Morgan fingerprint density at radius 1 is 1.56 bits per heavy atom. The summed E-state index contributed by atoms with van der Waals surface area (Å²) < 4.78 is 5.31. The van der Waals surface area contributed by atoms with E-state index in [0.29, 0.717) is 5.75 Å². The van der Waals surface area contributed by atoms with E-state index in [1.165, 1.54) is 4.90 Å². The van der Waals surface area contributed by atoms with E-state index in [2.05, 4.69) is 6.07 Å². The minimum Gasteiger partial charge on any atom is -0.444 e. The predicted molar refractivity (Wildman–Crippen MR) is 64.0 cm³/mol. The molecule has 1 aliphatic heterocycles. The molecule has 0 aromatic heterocycles. The van der Waals surface area contributed by atoms with Crippen molar-refractivity contribution in [1.82, 2.24) is 4.90 Å². The maximum absolute atomic E-state index is 12.0. The number of ether oxygens (including phenoxy) is 1. The maximum Gasteiger partial charge on any atom is 0.412 e. The molecule has 0 bridgehead atoms. The molecule has 5 heteroatoms. The molecule has 1 rings (SSSR count). The van der Waals surface area contributed by atoms with Gasteiger partial charge < -0.3 is 4.74 Å². The molecule has 0 N–H and O–H groups in total. The van der Waals surface area contributed by atoms with Gasteiger partial charge in [-0.2, -0.15) is 5.26 Å². The van der Waals surface area contributed by atoms with Gasteiger partial charge in [-0.1, -0.05) is 0 Å². The van der Waals surface area contributed by atoms with Gasteiger partial charge in [-0.15, -0.1) is 11.8 Å². The van der Waals surface area contributed by atoms with Crippen molar-refractivity contribution >= 4 is 17.9 Å². The van der Waals surface area contributed by atoms with E-state index in [4.69, 9.17) is 10.00 Å². The Bertz CT molecular complexity index is 328. The highest BCUT2D eigenvalue weighted by Crippen LogP contribution is 2.39. The Labute approximate surface area is 101 Å². The highest BCUT2D eigenvalue weighted by molar-refractivity contribution is 8.00. The lowest BCUT2D eigenvalue weighted by molar-refractivity contribution is 0.0144. The zero-order valence-electron chi connectivity index (χ0n) is 10.4. The van der Waals surface area contributed by atoms with Crippen LogP contribution in [-0.4, -0.2) is 33.3 Å². The van der Waals surface area contributed by atoms with E-state index in [0.717, 1.165) is 0 Å². The van der Waals surface area contributed by atoms with Crippen molar-refractivity contribution in [3.05, 3.63) is 0 Å². The fraction of sp³-hybridized carbons (Fsp3) is 0.818. The Morgan fingerprint density at radius 2 is 2.12 bits per heavy atom. The van der Waals surface area contributed by atoms with Crippen LogP contribution in [0.3, 0.4) is 0 Å². The number of nitrogens with zero attached hydrogens (tertiary/aromatic N) is 2. The summed E-state index contributed by atoms with van der Waals surface area (Å²) in [5.41, 5.74) is -0.527. The predicted octanol–water partition coefficient (Wildman–Crippen LogP) is 2.60. The van der Waals surface area contributed by atoms with Crippen molar-refractivity contribution < 1.29 is 9.53 Å². The van der Waals surface area contributed by atoms with Crippen molar-refractivity contribution in [2.24, 2.45) is 0 Å². The maximum atomic E-state index is 12.0. The lowest BCUT2D eigenvalue weighted by Crippen LogP contribution is -2.48. The molecule has 1 aliphatic rings. The molecule has 1 amide bonds. The van der Waals surface area contributed by atoms with Gasteiger partial charge in [0.25, 0.3) is 0 Å². The number of hydrogen-bond donors (Lipinski definition) is 0. The zero-order valence-corrected chi connectivity index (χ0v) is 11.2. The summed E-state index contributed by atoms with van der Waals surface area (Å²) in [5, 5.41) is 9.00. The van der Waals surface area contributed by atoms with E-state index in [1.807, 2.05) is 34.6 Å². The monoisotopic (exact) mass is 242 g/mol. The molecule has 0 saturated carbocycles. The van der Waals surface area contributed by atoms with Crippen LogP contribution in [0.5, 0.6) is 0 Å². The minimum atomic E-state index is -0.527. The standard InChI is InChI=1S/C11H18N2O2S/c1-10(2,3)15-9(14)13-8(6-12)7-16-11(13,4)5/h8H,7H2,1-5H3/t8-/m1/s1. The topological polar surface area (TPSA) is 53.3 Å². The molecule has 90 valence electrons. The van der Waals surface area contributed by atoms with Crippen LogP contribution in [0.4, 0.5) is 4.79 Å². The van der Waals surface area contributed by atoms with Gasteiger partial charge in [0.15, 0.2) is 0 Å². The molecule has 0 aromatic rings. The number of carbonyl (C=O) groups excluding carboxylic acids is 1. The van der Waals surface area contributed by atoms with Crippen molar-refractivity contribution in [3.63, 3.8) is 0 Å². The van der Waals surface area contributed by atoms with Gasteiger partial charge in [-0.25, -0.2) is 4.79 Å². The zero-order chi connectivity index (χ0) is 12.6. The van der Waals surface area contributed by atoms with Gasteiger partial charge >= 0.3 is 6.09 Å². The van der Waals surface area contributed by atoms with Crippen molar-refractivity contribution in [3.8, 4) is 6.07 Å². The molecular formula is C11H18N2O2S. The van der Waals surface area contributed by atoms with Crippen LogP contribution in [0.25, 0.3) is 0 Å². The SMILES string of the molecule is CC(C)(C)OC(=O)N1[C@H](C#N)CSC1(C)C. The van der Waals surface area contributed by atoms with E-state index >= 15 is 0 Å². The average molecular weight is 242 g/mol. The first-order chi connectivity index (χ1) is 7.17. The van der Waals surface area contributed by atoms with Crippen LogP contribution in [0.1, 0.15) is 34.6 Å². The molecule has 0 unspecified atom stereocenters. The van der Waals surface area contributed by atoms with Gasteiger partial charge in [-0.05, 0) is 34.6 Å². The van der Waals surface area contributed by atoms with Crippen molar-refractivity contribution in [2.75, 3.05) is 5.75 Å². The number of thioether (sulfide) groups is 1. The fourth-order valence-electron chi connectivity index (χ4n) is 1.56. The number of hydrogen-bond acceptors (Lipinski definition) is 4. The van der Waals surface area contributed by atoms with E-state index in [1.54, 1.807) is 11.8 Å². The molecule has 16 heavy (non-hydrogen) atoms. The van der Waals surface area contributed by atoms with Gasteiger partial charge in [-0.3, -0.25) is 4.90 Å². The smallest absolute Gasteiger partial charge is 0.412 e. The summed E-state index contributed by atoms with van der Waals surface area (Å²) in [7, 11) is 0. The van der Waals surface area contributed by atoms with Crippen LogP contribution in [0, 0.1) is 11.3 Å². The van der Waals surface area contributed by atoms with Gasteiger partial charge in [0.2, 0.25) is 0 Å². The number of amides is 1. The van der Waals surface area contributed by atoms with Gasteiger partial charge in [0.1, 0.15) is 11.6 Å². The summed E-state index contributed by atoms with van der Waals surface area (Å²) in [6.45, 7) is 9.32. The lowest BCUT2D eigenvalue weighted by atomic mass is 10.2. The van der Waals surface area contributed by atoms with Gasteiger partial charge in [0, 0.05) is 5.75 Å². The Balaban J connectivity index is 2.84.